The van der Waals surface area contributed by atoms with Crippen LogP contribution in [0, 0.1) is 5.92 Å². The molecule has 1 aromatic carbocycles. The Balaban J connectivity index is 1.75. The normalized spacial score (nSPS) is 16.9. The van der Waals surface area contributed by atoms with Crippen molar-refractivity contribution in [3.05, 3.63) is 36.0 Å². The van der Waals surface area contributed by atoms with E-state index in [9.17, 15) is 0 Å². The summed E-state index contributed by atoms with van der Waals surface area (Å²) in [5.41, 5.74) is 8.33. The van der Waals surface area contributed by atoms with Crippen LogP contribution >= 0.6 is 0 Å². The first-order valence-corrected chi connectivity index (χ1v) is 7.72. The Morgan fingerprint density at radius 1 is 1.20 bits per heavy atom. The fourth-order valence-corrected chi connectivity index (χ4v) is 3.08. The van der Waals surface area contributed by atoms with Crippen molar-refractivity contribution < 1.29 is 4.74 Å². The fraction of sp³-hybridized carbons (Fsp3) is 0.529. The lowest BCUT2D eigenvalue weighted by Gasteiger charge is -2.22. The number of benzene rings is 1. The molecule has 0 amide bonds. The molecule has 20 heavy (non-hydrogen) atoms. The van der Waals surface area contributed by atoms with Crippen LogP contribution in [0.25, 0.3) is 10.9 Å². The maximum absolute atomic E-state index is 5.58. The molecule has 0 atom stereocenters. The smallest absolute Gasteiger partial charge is 0.0480 e. The molecule has 1 aliphatic rings. The molecule has 3 rings (SSSR count). The minimum atomic E-state index is 0.760. The molecule has 0 spiro atoms. The van der Waals surface area contributed by atoms with Crippen molar-refractivity contribution in [1.29, 1.82) is 0 Å². The lowest BCUT2D eigenvalue weighted by molar-refractivity contribution is 0.0616. The Morgan fingerprint density at radius 3 is 2.85 bits per heavy atom. The van der Waals surface area contributed by atoms with E-state index in [0.717, 1.165) is 45.1 Å². The highest BCUT2D eigenvalue weighted by Crippen LogP contribution is 2.23. The van der Waals surface area contributed by atoms with Crippen LogP contribution in [0.15, 0.2) is 30.5 Å². The molecule has 1 fully saturated rings. The molecule has 108 valence electrons. The van der Waals surface area contributed by atoms with Crippen LogP contribution in [0.2, 0.25) is 0 Å². The van der Waals surface area contributed by atoms with Gasteiger partial charge in [0.15, 0.2) is 0 Å². The lowest BCUT2D eigenvalue weighted by Crippen LogP contribution is -2.20. The summed E-state index contributed by atoms with van der Waals surface area (Å²) in [4.78, 5) is 0. The number of aromatic nitrogens is 1. The van der Waals surface area contributed by atoms with Gasteiger partial charge >= 0.3 is 0 Å². The minimum Gasteiger partial charge on any atom is -0.381 e. The van der Waals surface area contributed by atoms with Crippen LogP contribution in [-0.2, 0) is 17.7 Å². The zero-order valence-electron chi connectivity index (χ0n) is 12.1. The van der Waals surface area contributed by atoms with E-state index in [4.69, 9.17) is 10.5 Å². The van der Waals surface area contributed by atoms with E-state index < -0.39 is 0 Å². The quantitative estimate of drug-likeness (QED) is 0.909. The molecule has 3 nitrogen and oxygen atoms in total. The van der Waals surface area contributed by atoms with Crippen LogP contribution in [0.5, 0.6) is 0 Å². The molecule has 3 heteroatoms. The van der Waals surface area contributed by atoms with Crippen LogP contribution < -0.4 is 5.73 Å². The topological polar surface area (TPSA) is 40.2 Å². The van der Waals surface area contributed by atoms with Gasteiger partial charge in [-0.05, 0) is 67.3 Å². The molecule has 2 aromatic rings. The summed E-state index contributed by atoms with van der Waals surface area (Å²) in [5, 5.41) is 1.35. The average molecular weight is 272 g/mol. The van der Waals surface area contributed by atoms with Crippen LogP contribution in [0.1, 0.15) is 24.8 Å². The average Bonchev–Trinajstić information content (AvgIpc) is 2.89. The number of aryl methyl sites for hydroxylation is 1. The molecule has 0 radical (unpaired) electrons. The van der Waals surface area contributed by atoms with Crippen molar-refractivity contribution in [2.75, 3.05) is 19.8 Å². The van der Waals surface area contributed by atoms with Crippen molar-refractivity contribution in [2.24, 2.45) is 11.7 Å². The van der Waals surface area contributed by atoms with Gasteiger partial charge in [0.1, 0.15) is 0 Å². The molecule has 0 saturated carbocycles. The summed E-state index contributed by atoms with van der Waals surface area (Å²) in [7, 11) is 0. The van der Waals surface area contributed by atoms with E-state index in [0.29, 0.717) is 0 Å². The van der Waals surface area contributed by atoms with Gasteiger partial charge in [0.05, 0.1) is 0 Å². The summed E-state index contributed by atoms with van der Waals surface area (Å²) in [6.45, 7) is 3.73. The number of hydrogen-bond donors (Lipinski definition) is 1. The predicted molar refractivity (Wildman–Crippen MR) is 82.9 cm³/mol. The number of fused-ring (bicyclic) bond motifs is 1. The Hall–Kier alpha value is -1.32. The second-order valence-corrected chi connectivity index (χ2v) is 5.81. The molecular formula is C17H24N2O. The molecule has 2 N–H and O–H groups in total. The predicted octanol–water partition coefficient (Wildman–Crippen LogP) is 2.96. The van der Waals surface area contributed by atoms with Crippen LogP contribution in [0.4, 0.5) is 0 Å². The highest BCUT2D eigenvalue weighted by atomic mass is 16.5. The zero-order chi connectivity index (χ0) is 13.8. The van der Waals surface area contributed by atoms with Crippen molar-refractivity contribution in [3.63, 3.8) is 0 Å². The summed E-state index contributed by atoms with van der Waals surface area (Å²) in [5.74, 6) is 0.760. The Kier molecular flexibility index (Phi) is 4.38. The Bertz CT molecular complexity index is 555. The largest absolute Gasteiger partial charge is 0.381 e. The first-order valence-electron chi connectivity index (χ1n) is 7.72. The van der Waals surface area contributed by atoms with E-state index in [1.165, 1.54) is 29.3 Å². The van der Waals surface area contributed by atoms with Gasteiger partial charge in [0.2, 0.25) is 0 Å². The van der Waals surface area contributed by atoms with Gasteiger partial charge in [-0.1, -0.05) is 6.07 Å². The van der Waals surface area contributed by atoms with E-state index in [-0.39, 0.29) is 0 Å². The van der Waals surface area contributed by atoms with Gasteiger partial charge in [-0.3, -0.25) is 0 Å². The zero-order valence-corrected chi connectivity index (χ0v) is 12.1. The maximum atomic E-state index is 5.58. The molecule has 2 heterocycles. The number of nitrogens with two attached hydrogens (primary N) is 1. The number of rotatable bonds is 5. The second-order valence-electron chi connectivity index (χ2n) is 5.81. The number of nitrogens with zero attached hydrogens (tertiary/aromatic N) is 1. The first kappa shape index (κ1) is 13.7. The molecule has 0 aliphatic carbocycles. The third-order valence-electron chi connectivity index (χ3n) is 4.30. The van der Waals surface area contributed by atoms with E-state index in [1.54, 1.807) is 0 Å². The van der Waals surface area contributed by atoms with E-state index in [2.05, 4.69) is 35.0 Å². The van der Waals surface area contributed by atoms with E-state index in [1.807, 2.05) is 0 Å². The minimum absolute atomic E-state index is 0.760. The molecule has 0 unspecified atom stereocenters. The van der Waals surface area contributed by atoms with Crippen molar-refractivity contribution in [1.82, 2.24) is 4.57 Å². The Labute approximate surface area is 120 Å². The monoisotopic (exact) mass is 272 g/mol. The standard InChI is InChI=1S/C17H24N2O/c18-8-1-2-14-3-4-17-16(12-14)5-9-19(17)13-15-6-10-20-11-7-15/h3-5,9,12,15H,1-2,6-8,10-11,13,18H2. The van der Waals surface area contributed by atoms with Gasteiger partial charge in [-0.2, -0.15) is 0 Å². The lowest BCUT2D eigenvalue weighted by atomic mass is 10.0. The summed E-state index contributed by atoms with van der Waals surface area (Å²) in [6.07, 6.45) is 6.75. The third-order valence-corrected chi connectivity index (χ3v) is 4.30. The van der Waals surface area contributed by atoms with Gasteiger partial charge < -0.3 is 15.0 Å². The maximum Gasteiger partial charge on any atom is 0.0480 e. The Morgan fingerprint density at radius 2 is 2.05 bits per heavy atom. The van der Waals surface area contributed by atoms with Gasteiger partial charge in [0, 0.05) is 31.5 Å². The molecular weight excluding hydrogens is 248 g/mol. The van der Waals surface area contributed by atoms with Gasteiger partial charge in [-0.25, -0.2) is 0 Å². The number of ether oxygens (including phenoxy) is 1. The molecule has 1 aliphatic heterocycles. The van der Waals surface area contributed by atoms with Gasteiger partial charge in [0.25, 0.3) is 0 Å². The van der Waals surface area contributed by atoms with Gasteiger partial charge in [-0.15, -0.1) is 0 Å². The third kappa shape index (κ3) is 3.05. The van der Waals surface area contributed by atoms with Crippen LogP contribution in [0.3, 0.4) is 0 Å². The molecule has 1 aromatic heterocycles. The summed E-state index contributed by atoms with van der Waals surface area (Å²) in [6, 6.07) is 9.06. The summed E-state index contributed by atoms with van der Waals surface area (Å²) < 4.78 is 7.84. The summed E-state index contributed by atoms with van der Waals surface area (Å²) >= 11 is 0. The molecule has 0 bridgehead atoms. The highest BCUT2D eigenvalue weighted by Gasteiger charge is 2.15. The van der Waals surface area contributed by atoms with E-state index >= 15 is 0 Å². The first-order chi connectivity index (χ1) is 9.86. The van der Waals surface area contributed by atoms with Crippen LogP contribution in [-0.4, -0.2) is 24.3 Å². The number of hydrogen-bond acceptors (Lipinski definition) is 2. The highest BCUT2D eigenvalue weighted by molar-refractivity contribution is 5.80. The second kappa shape index (κ2) is 6.42. The molecule has 1 saturated heterocycles. The SMILES string of the molecule is NCCCc1ccc2c(ccn2CC2CCOCC2)c1. The fourth-order valence-electron chi connectivity index (χ4n) is 3.08. The van der Waals surface area contributed by atoms with Crippen molar-refractivity contribution in [2.45, 2.75) is 32.2 Å². The van der Waals surface area contributed by atoms with Crippen molar-refractivity contribution in [3.8, 4) is 0 Å². The van der Waals surface area contributed by atoms with Crippen molar-refractivity contribution >= 4 is 10.9 Å².